The molecule has 0 saturated carbocycles. The minimum absolute atomic E-state index is 0.164. The Balaban J connectivity index is 1.86. The first-order chi connectivity index (χ1) is 16.2. The van der Waals surface area contributed by atoms with Crippen molar-refractivity contribution in [1.82, 2.24) is 0 Å². The molecule has 3 rings (SSSR count). The fourth-order valence-electron chi connectivity index (χ4n) is 3.27. The number of hydrogen-bond donors (Lipinski definition) is 2. The average Bonchev–Trinajstić information content (AvgIpc) is 3.36. The van der Waals surface area contributed by atoms with Crippen LogP contribution in [0.4, 0.5) is 5.00 Å². The highest BCUT2D eigenvalue weighted by Gasteiger charge is 2.23. The molecule has 0 aliphatic rings. The van der Waals surface area contributed by atoms with Crippen molar-refractivity contribution in [2.75, 3.05) is 11.9 Å². The SMILES string of the molecule is CCOC(=O)c1c(NC(=O)/C(C#N)=C/c2ccc(-c3ccc(C(=O)O)cc3C)o2)sc(C)c1C. The van der Waals surface area contributed by atoms with E-state index < -0.39 is 17.8 Å². The number of nitriles is 1. The first-order valence-electron chi connectivity index (χ1n) is 10.3. The van der Waals surface area contributed by atoms with Crippen molar-refractivity contribution in [3.8, 4) is 17.4 Å². The molecule has 1 aromatic carbocycles. The van der Waals surface area contributed by atoms with Gasteiger partial charge in [-0.2, -0.15) is 5.26 Å². The second kappa shape index (κ2) is 10.2. The number of aromatic carboxylic acids is 1. The Labute approximate surface area is 200 Å². The highest BCUT2D eigenvalue weighted by molar-refractivity contribution is 7.16. The number of rotatable bonds is 7. The predicted molar refractivity (Wildman–Crippen MR) is 128 cm³/mol. The van der Waals surface area contributed by atoms with E-state index in [4.69, 9.17) is 14.3 Å². The first kappa shape index (κ1) is 24.5. The van der Waals surface area contributed by atoms with Gasteiger partial charge in [-0.15, -0.1) is 11.3 Å². The molecule has 9 heteroatoms. The summed E-state index contributed by atoms with van der Waals surface area (Å²) in [6.07, 6.45) is 1.30. The van der Waals surface area contributed by atoms with Gasteiger partial charge in [-0.3, -0.25) is 4.79 Å². The van der Waals surface area contributed by atoms with E-state index in [1.54, 1.807) is 39.0 Å². The summed E-state index contributed by atoms with van der Waals surface area (Å²) < 4.78 is 10.9. The number of ether oxygens (including phenoxy) is 1. The van der Waals surface area contributed by atoms with E-state index in [2.05, 4.69) is 5.32 Å². The Hall–Kier alpha value is -4.16. The Kier molecular flexibility index (Phi) is 7.34. The lowest BCUT2D eigenvalue weighted by Gasteiger charge is -2.06. The number of furan rings is 1. The predicted octanol–water partition coefficient (Wildman–Crippen LogP) is 5.35. The van der Waals surface area contributed by atoms with Crippen LogP contribution < -0.4 is 5.32 Å². The van der Waals surface area contributed by atoms with Gasteiger partial charge in [-0.25, -0.2) is 9.59 Å². The van der Waals surface area contributed by atoms with Gasteiger partial charge in [0.2, 0.25) is 0 Å². The van der Waals surface area contributed by atoms with Crippen LogP contribution in [0.1, 0.15) is 49.4 Å². The monoisotopic (exact) mass is 478 g/mol. The normalized spacial score (nSPS) is 11.1. The average molecular weight is 479 g/mol. The van der Waals surface area contributed by atoms with Gasteiger partial charge in [0, 0.05) is 16.5 Å². The summed E-state index contributed by atoms with van der Waals surface area (Å²) in [6.45, 7) is 7.25. The standard InChI is InChI=1S/C25H22N2O6S/c1-5-32-25(31)21-14(3)15(4)34-23(21)27-22(28)17(12-26)11-18-7-9-20(33-18)19-8-6-16(24(29)30)10-13(19)2/h6-11H,5H2,1-4H3,(H,27,28)(H,29,30)/b17-11+. The maximum atomic E-state index is 12.8. The molecule has 0 unspecified atom stereocenters. The van der Waals surface area contributed by atoms with Crippen molar-refractivity contribution >= 4 is 40.3 Å². The van der Waals surface area contributed by atoms with E-state index in [0.717, 1.165) is 4.88 Å². The van der Waals surface area contributed by atoms with Crippen LogP contribution in [0, 0.1) is 32.1 Å². The summed E-state index contributed by atoms with van der Waals surface area (Å²) in [5.41, 5.74) is 2.33. The first-order valence-corrected chi connectivity index (χ1v) is 11.1. The quantitative estimate of drug-likeness (QED) is 0.266. The smallest absolute Gasteiger partial charge is 0.341 e. The van der Waals surface area contributed by atoms with Crippen LogP contribution in [0.25, 0.3) is 17.4 Å². The zero-order valence-corrected chi connectivity index (χ0v) is 19.8. The van der Waals surface area contributed by atoms with E-state index in [0.29, 0.717) is 27.5 Å². The summed E-state index contributed by atoms with van der Waals surface area (Å²) in [5.74, 6) is -1.51. The number of carboxylic acid groups (broad SMARTS) is 1. The number of carbonyl (C=O) groups excluding carboxylic acids is 2. The lowest BCUT2D eigenvalue weighted by Crippen LogP contribution is -2.16. The van der Waals surface area contributed by atoms with Crippen molar-refractivity contribution in [1.29, 1.82) is 5.26 Å². The lowest BCUT2D eigenvalue weighted by atomic mass is 10.0. The van der Waals surface area contributed by atoms with Gasteiger partial charge in [0.15, 0.2) is 0 Å². The number of thiophene rings is 1. The van der Waals surface area contributed by atoms with Gasteiger partial charge in [0.05, 0.1) is 17.7 Å². The van der Waals surface area contributed by atoms with E-state index in [1.165, 1.54) is 29.5 Å². The number of esters is 1. The van der Waals surface area contributed by atoms with Gasteiger partial charge in [-0.05, 0) is 63.1 Å². The fourth-order valence-corrected chi connectivity index (χ4v) is 4.32. The van der Waals surface area contributed by atoms with Crippen LogP contribution in [0.3, 0.4) is 0 Å². The third-order valence-electron chi connectivity index (χ3n) is 5.11. The molecule has 0 saturated heterocycles. The molecule has 0 radical (unpaired) electrons. The van der Waals surface area contributed by atoms with Crippen molar-refractivity contribution in [3.05, 3.63) is 68.8 Å². The molecular formula is C25H22N2O6S. The number of carboxylic acids is 1. The number of hydrogen-bond acceptors (Lipinski definition) is 7. The zero-order chi connectivity index (χ0) is 25.0. The number of amides is 1. The summed E-state index contributed by atoms with van der Waals surface area (Å²) in [7, 11) is 0. The molecule has 1 amide bonds. The second-order valence-corrected chi connectivity index (χ2v) is 8.59. The Morgan fingerprint density at radius 2 is 1.94 bits per heavy atom. The number of nitrogens with one attached hydrogen (secondary N) is 1. The topological polar surface area (TPSA) is 130 Å². The summed E-state index contributed by atoms with van der Waals surface area (Å²) in [6, 6.07) is 9.79. The minimum Gasteiger partial charge on any atom is -0.478 e. The molecule has 0 aliphatic heterocycles. The zero-order valence-electron chi connectivity index (χ0n) is 19.0. The van der Waals surface area contributed by atoms with Crippen molar-refractivity contribution in [2.45, 2.75) is 27.7 Å². The van der Waals surface area contributed by atoms with Gasteiger partial charge < -0.3 is 19.6 Å². The van der Waals surface area contributed by atoms with Crippen molar-refractivity contribution < 1.29 is 28.6 Å². The van der Waals surface area contributed by atoms with Gasteiger partial charge in [-0.1, -0.05) is 6.07 Å². The van der Waals surface area contributed by atoms with Crippen LogP contribution in [-0.4, -0.2) is 29.6 Å². The van der Waals surface area contributed by atoms with Crippen LogP contribution in [0.5, 0.6) is 0 Å². The molecule has 174 valence electrons. The molecule has 0 atom stereocenters. The molecule has 2 heterocycles. The van der Waals surface area contributed by atoms with E-state index in [1.807, 2.05) is 13.0 Å². The Bertz CT molecular complexity index is 1360. The third-order valence-corrected chi connectivity index (χ3v) is 6.23. The highest BCUT2D eigenvalue weighted by atomic mass is 32.1. The van der Waals surface area contributed by atoms with E-state index in [9.17, 15) is 19.6 Å². The molecule has 2 aromatic heterocycles. The molecule has 0 fully saturated rings. The van der Waals surface area contributed by atoms with E-state index in [-0.39, 0.29) is 29.1 Å². The molecule has 0 aliphatic carbocycles. The van der Waals surface area contributed by atoms with Crippen LogP contribution in [0.2, 0.25) is 0 Å². The maximum absolute atomic E-state index is 12.8. The van der Waals surface area contributed by atoms with Crippen molar-refractivity contribution in [2.24, 2.45) is 0 Å². The summed E-state index contributed by atoms with van der Waals surface area (Å²) in [4.78, 5) is 37.1. The largest absolute Gasteiger partial charge is 0.478 e. The fraction of sp³-hybridized carbons (Fsp3) is 0.200. The number of benzene rings is 1. The highest BCUT2D eigenvalue weighted by Crippen LogP contribution is 2.33. The molecule has 34 heavy (non-hydrogen) atoms. The minimum atomic E-state index is -1.02. The maximum Gasteiger partial charge on any atom is 0.341 e. The van der Waals surface area contributed by atoms with Crippen LogP contribution >= 0.6 is 11.3 Å². The second-order valence-electron chi connectivity index (χ2n) is 7.37. The van der Waals surface area contributed by atoms with E-state index >= 15 is 0 Å². The molecular weight excluding hydrogens is 456 g/mol. The third kappa shape index (κ3) is 5.08. The molecule has 2 N–H and O–H groups in total. The molecule has 0 bridgehead atoms. The summed E-state index contributed by atoms with van der Waals surface area (Å²) >= 11 is 1.23. The van der Waals surface area contributed by atoms with Gasteiger partial charge in [0.25, 0.3) is 5.91 Å². The van der Waals surface area contributed by atoms with Gasteiger partial charge >= 0.3 is 11.9 Å². The van der Waals surface area contributed by atoms with Crippen molar-refractivity contribution in [3.63, 3.8) is 0 Å². The molecule has 0 spiro atoms. The number of nitrogens with zero attached hydrogens (tertiary/aromatic N) is 1. The number of anilines is 1. The summed E-state index contributed by atoms with van der Waals surface area (Å²) in [5, 5.41) is 21.6. The van der Waals surface area contributed by atoms with Crippen LogP contribution in [-0.2, 0) is 9.53 Å². The molecule has 8 nitrogen and oxygen atoms in total. The Morgan fingerprint density at radius 1 is 1.21 bits per heavy atom. The number of aryl methyl sites for hydroxylation is 2. The lowest BCUT2D eigenvalue weighted by molar-refractivity contribution is -0.112. The molecule has 3 aromatic rings. The van der Waals surface area contributed by atoms with Crippen LogP contribution in [0.15, 0.2) is 40.3 Å². The van der Waals surface area contributed by atoms with Gasteiger partial charge in [0.1, 0.15) is 28.2 Å². The number of carbonyl (C=O) groups is 3. The Morgan fingerprint density at radius 3 is 2.56 bits per heavy atom.